The SMILES string of the molecule is Nc1ncnc2c1nc(Sc1ccc3c(c1)OCO3)n2CCc1ccc(N=O)cc1. The van der Waals surface area contributed by atoms with E-state index in [0.29, 0.717) is 35.0 Å². The van der Waals surface area contributed by atoms with E-state index < -0.39 is 0 Å². The Morgan fingerprint density at radius 1 is 1.10 bits per heavy atom. The zero-order chi connectivity index (χ0) is 20.5. The Morgan fingerprint density at radius 3 is 2.77 bits per heavy atom. The Labute approximate surface area is 175 Å². The van der Waals surface area contributed by atoms with Gasteiger partial charge in [0.25, 0.3) is 0 Å². The van der Waals surface area contributed by atoms with E-state index in [4.69, 9.17) is 15.2 Å². The number of rotatable bonds is 6. The highest BCUT2D eigenvalue weighted by molar-refractivity contribution is 7.99. The number of nitrogens with zero attached hydrogens (tertiary/aromatic N) is 5. The maximum atomic E-state index is 10.6. The van der Waals surface area contributed by atoms with Gasteiger partial charge in [-0.25, -0.2) is 15.0 Å². The fourth-order valence-electron chi connectivity index (χ4n) is 3.22. The molecular formula is C20H16N6O3S. The number of imidazole rings is 1. The van der Waals surface area contributed by atoms with E-state index in [2.05, 4.69) is 20.1 Å². The smallest absolute Gasteiger partial charge is 0.231 e. The van der Waals surface area contributed by atoms with E-state index >= 15 is 0 Å². The van der Waals surface area contributed by atoms with Crippen LogP contribution in [0.25, 0.3) is 11.2 Å². The van der Waals surface area contributed by atoms with Crippen LogP contribution in [-0.4, -0.2) is 26.3 Å². The van der Waals surface area contributed by atoms with Crippen LogP contribution in [0.3, 0.4) is 0 Å². The Balaban J connectivity index is 1.47. The summed E-state index contributed by atoms with van der Waals surface area (Å²) in [5.74, 6) is 1.79. The van der Waals surface area contributed by atoms with Crippen LogP contribution in [0.15, 0.2) is 64.0 Å². The molecule has 10 heteroatoms. The summed E-state index contributed by atoms with van der Waals surface area (Å²) in [5.41, 5.74) is 8.76. The van der Waals surface area contributed by atoms with Gasteiger partial charge in [-0.1, -0.05) is 23.9 Å². The topological polar surface area (TPSA) is 118 Å². The monoisotopic (exact) mass is 420 g/mol. The number of nitroso groups, excluding NO2 is 1. The van der Waals surface area contributed by atoms with Gasteiger partial charge in [0.15, 0.2) is 33.6 Å². The molecule has 5 rings (SSSR count). The number of fused-ring (bicyclic) bond motifs is 2. The maximum absolute atomic E-state index is 10.6. The molecule has 0 radical (unpaired) electrons. The van der Waals surface area contributed by atoms with Crippen molar-refractivity contribution in [1.82, 2.24) is 19.5 Å². The minimum absolute atomic E-state index is 0.229. The highest BCUT2D eigenvalue weighted by Crippen LogP contribution is 2.38. The molecule has 4 aromatic rings. The summed E-state index contributed by atoms with van der Waals surface area (Å²) in [4.78, 5) is 24.7. The first-order valence-corrected chi connectivity index (χ1v) is 9.99. The third-order valence-corrected chi connectivity index (χ3v) is 5.73. The fraction of sp³-hybridized carbons (Fsp3) is 0.150. The van der Waals surface area contributed by atoms with E-state index in [9.17, 15) is 4.91 Å². The number of aryl methyl sites for hydroxylation is 2. The van der Waals surface area contributed by atoms with Gasteiger partial charge >= 0.3 is 0 Å². The van der Waals surface area contributed by atoms with Crippen LogP contribution >= 0.6 is 11.8 Å². The molecule has 0 unspecified atom stereocenters. The Bertz CT molecular complexity index is 1240. The Morgan fingerprint density at radius 2 is 1.93 bits per heavy atom. The lowest BCUT2D eigenvalue weighted by molar-refractivity contribution is 0.174. The highest BCUT2D eigenvalue weighted by Gasteiger charge is 2.18. The first kappa shape index (κ1) is 18.4. The van der Waals surface area contributed by atoms with Gasteiger partial charge in [-0.2, -0.15) is 0 Å². The predicted molar refractivity (Wildman–Crippen MR) is 112 cm³/mol. The molecule has 30 heavy (non-hydrogen) atoms. The van der Waals surface area contributed by atoms with Crippen molar-refractivity contribution in [1.29, 1.82) is 0 Å². The van der Waals surface area contributed by atoms with Crippen molar-refractivity contribution < 1.29 is 9.47 Å². The molecule has 150 valence electrons. The summed E-state index contributed by atoms with van der Waals surface area (Å²) < 4.78 is 12.9. The normalized spacial score (nSPS) is 12.4. The van der Waals surface area contributed by atoms with E-state index in [-0.39, 0.29) is 6.79 Å². The van der Waals surface area contributed by atoms with Gasteiger partial charge in [0, 0.05) is 11.4 Å². The lowest BCUT2D eigenvalue weighted by Crippen LogP contribution is -2.04. The number of nitrogens with two attached hydrogens (primary N) is 1. The van der Waals surface area contributed by atoms with E-state index in [1.807, 2.05) is 34.9 Å². The van der Waals surface area contributed by atoms with E-state index in [0.717, 1.165) is 27.8 Å². The van der Waals surface area contributed by atoms with Gasteiger partial charge < -0.3 is 19.8 Å². The number of benzene rings is 2. The van der Waals surface area contributed by atoms with Gasteiger partial charge in [0.2, 0.25) is 6.79 Å². The van der Waals surface area contributed by atoms with Crippen LogP contribution in [-0.2, 0) is 13.0 Å². The minimum atomic E-state index is 0.229. The number of ether oxygens (including phenoxy) is 2. The summed E-state index contributed by atoms with van der Waals surface area (Å²) in [5, 5.41) is 3.69. The van der Waals surface area contributed by atoms with Gasteiger partial charge in [0.1, 0.15) is 12.0 Å². The zero-order valence-corrected chi connectivity index (χ0v) is 16.5. The molecule has 0 bridgehead atoms. The van der Waals surface area contributed by atoms with Crippen molar-refractivity contribution in [2.45, 2.75) is 23.0 Å². The second kappa shape index (κ2) is 7.64. The summed E-state index contributed by atoms with van der Waals surface area (Å²) >= 11 is 1.49. The largest absolute Gasteiger partial charge is 0.454 e. The van der Waals surface area contributed by atoms with Crippen LogP contribution in [0.4, 0.5) is 11.5 Å². The molecule has 0 saturated carbocycles. The first-order valence-electron chi connectivity index (χ1n) is 9.18. The van der Waals surface area contributed by atoms with Crippen molar-refractivity contribution in [3.63, 3.8) is 0 Å². The molecule has 2 aromatic carbocycles. The molecule has 0 spiro atoms. The average molecular weight is 420 g/mol. The number of anilines is 1. The van der Waals surface area contributed by atoms with Gasteiger partial charge in [-0.15, -0.1) is 4.91 Å². The first-order chi connectivity index (χ1) is 14.7. The second-order valence-corrected chi connectivity index (χ2v) is 7.64. The lowest BCUT2D eigenvalue weighted by Gasteiger charge is -2.09. The molecule has 1 aliphatic heterocycles. The summed E-state index contributed by atoms with van der Waals surface area (Å²) in [6.07, 6.45) is 2.17. The summed E-state index contributed by atoms with van der Waals surface area (Å²) in [6.45, 7) is 0.861. The second-order valence-electron chi connectivity index (χ2n) is 6.60. The number of aromatic nitrogens is 4. The number of hydrogen-bond acceptors (Lipinski definition) is 9. The summed E-state index contributed by atoms with van der Waals surface area (Å²) in [6, 6.07) is 13.0. The highest BCUT2D eigenvalue weighted by atomic mass is 32.2. The quantitative estimate of drug-likeness (QED) is 0.466. The van der Waals surface area contributed by atoms with Crippen molar-refractivity contribution in [3.05, 3.63) is 59.3 Å². The van der Waals surface area contributed by atoms with Crippen LogP contribution < -0.4 is 15.2 Å². The molecule has 0 aliphatic carbocycles. The molecule has 9 nitrogen and oxygen atoms in total. The zero-order valence-electron chi connectivity index (χ0n) is 15.7. The average Bonchev–Trinajstić information content (AvgIpc) is 3.37. The van der Waals surface area contributed by atoms with Crippen molar-refractivity contribution in [2.24, 2.45) is 5.18 Å². The molecule has 0 atom stereocenters. The molecule has 0 amide bonds. The fourth-order valence-corrected chi connectivity index (χ4v) is 4.16. The van der Waals surface area contributed by atoms with Crippen molar-refractivity contribution in [3.8, 4) is 11.5 Å². The van der Waals surface area contributed by atoms with Crippen LogP contribution in [0, 0.1) is 4.91 Å². The van der Waals surface area contributed by atoms with Gasteiger partial charge in [-0.3, -0.25) is 0 Å². The number of nitrogen functional groups attached to an aromatic ring is 1. The van der Waals surface area contributed by atoms with Crippen molar-refractivity contribution >= 4 is 34.4 Å². The maximum Gasteiger partial charge on any atom is 0.231 e. The van der Waals surface area contributed by atoms with Crippen LogP contribution in [0.5, 0.6) is 11.5 Å². The minimum Gasteiger partial charge on any atom is -0.454 e. The Hall–Kier alpha value is -3.66. The molecule has 2 N–H and O–H groups in total. The van der Waals surface area contributed by atoms with Crippen LogP contribution in [0.2, 0.25) is 0 Å². The Kier molecular flexibility index (Phi) is 4.68. The molecule has 2 aromatic heterocycles. The molecule has 0 saturated heterocycles. The van der Waals surface area contributed by atoms with Crippen LogP contribution in [0.1, 0.15) is 5.56 Å². The lowest BCUT2D eigenvalue weighted by atomic mass is 10.1. The molecule has 1 aliphatic rings. The van der Waals surface area contributed by atoms with Crippen molar-refractivity contribution in [2.75, 3.05) is 12.5 Å². The molecule has 3 heterocycles. The van der Waals surface area contributed by atoms with Gasteiger partial charge in [0.05, 0.1) is 0 Å². The van der Waals surface area contributed by atoms with Gasteiger partial charge in [-0.05, 0) is 47.5 Å². The third-order valence-electron chi connectivity index (χ3n) is 4.74. The standard InChI is InChI=1S/C20H16N6O3S/c21-18-17-19(23-10-22-18)26(8-7-12-1-3-13(25-27)4-2-12)20(24-17)30-14-5-6-15-16(9-14)29-11-28-15/h1-6,9-10H,7-8,11H2,(H2,21,22,23). The number of hydrogen-bond donors (Lipinski definition) is 1. The molecular weight excluding hydrogens is 404 g/mol. The van der Waals surface area contributed by atoms with E-state index in [1.165, 1.54) is 18.1 Å². The predicted octanol–water partition coefficient (Wildman–Crippen LogP) is 3.93. The summed E-state index contributed by atoms with van der Waals surface area (Å²) in [7, 11) is 0. The van der Waals surface area contributed by atoms with E-state index in [1.54, 1.807) is 12.1 Å². The third kappa shape index (κ3) is 3.41. The molecule has 0 fully saturated rings.